The summed E-state index contributed by atoms with van der Waals surface area (Å²) in [4.78, 5) is 39.2. The van der Waals surface area contributed by atoms with Crippen molar-refractivity contribution in [3.63, 3.8) is 0 Å². The lowest BCUT2D eigenvalue weighted by Gasteiger charge is -2.12. The normalized spacial score (nSPS) is 15.2. The first-order valence-corrected chi connectivity index (χ1v) is 10.9. The van der Waals surface area contributed by atoms with E-state index in [0.717, 1.165) is 33.2 Å². The van der Waals surface area contributed by atoms with Gasteiger partial charge in [0.15, 0.2) is 5.76 Å². The number of nitrogens with one attached hydrogen (secondary N) is 1. The van der Waals surface area contributed by atoms with E-state index in [0.29, 0.717) is 16.1 Å². The predicted molar refractivity (Wildman–Crippen MR) is 123 cm³/mol. The first-order valence-electron chi connectivity index (χ1n) is 10.1. The van der Waals surface area contributed by atoms with E-state index in [9.17, 15) is 14.4 Å². The summed E-state index contributed by atoms with van der Waals surface area (Å²) in [5, 5.41) is 3.19. The van der Waals surface area contributed by atoms with Crippen molar-refractivity contribution in [1.29, 1.82) is 0 Å². The number of fused-ring (bicyclic) bond motifs is 1. The van der Waals surface area contributed by atoms with Crippen LogP contribution >= 0.6 is 11.8 Å². The molecule has 0 unspecified atom stereocenters. The highest BCUT2D eigenvalue weighted by Gasteiger charge is 2.34. The first-order chi connectivity index (χ1) is 15.5. The van der Waals surface area contributed by atoms with Crippen molar-refractivity contribution in [3.8, 4) is 0 Å². The van der Waals surface area contributed by atoms with Crippen molar-refractivity contribution in [1.82, 2.24) is 10.2 Å². The molecule has 1 aliphatic heterocycles. The Hall–Kier alpha value is -3.36. The molecule has 3 amide bonds. The van der Waals surface area contributed by atoms with E-state index in [1.165, 1.54) is 0 Å². The molecule has 1 aromatic heterocycles. The SMILES string of the molecule is COCc1c(C(=O)NCCN2C(=O)S/C(=C\c3ccc(C)cc3)C2=O)oc2ccccc12. The number of aryl methyl sites for hydroxylation is 1. The molecular weight excluding hydrogens is 428 g/mol. The van der Waals surface area contributed by atoms with Crippen molar-refractivity contribution < 1.29 is 23.5 Å². The van der Waals surface area contributed by atoms with Gasteiger partial charge >= 0.3 is 0 Å². The lowest BCUT2D eigenvalue weighted by Crippen LogP contribution is -2.37. The summed E-state index contributed by atoms with van der Waals surface area (Å²) in [7, 11) is 1.55. The molecule has 0 aliphatic carbocycles. The van der Waals surface area contributed by atoms with E-state index >= 15 is 0 Å². The number of amides is 3. The fraction of sp³-hybridized carbons (Fsp3) is 0.208. The molecule has 8 heteroatoms. The average Bonchev–Trinajstić information content (AvgIpc) is 3.28. The molecule has 1 aliphatic rings. The lowest BCUT2D eigenvalue weighted by molar-refractivity contribution is -0.122. The maximum atomic E-state index is 12.7. The molecule has 2 aromatic carbocycles. The Labute approximate surface area is 189 Å². The van der Waals surface area contributed by atoms with E-state index in [1.807, 2.05) is 49.4 Å². The highest BCUT2D eigenvalue weighted by molar-refractivity contribution is 8.18. The molecule has 2 heterocycles. The van der Waals surface area contributed by atoms with Gasteiger partial charge in [-0.05, 0) is 36.4 Å². The number of nitrogens with zero attached hydrogens (tertiary/aromatic N) is 1. The summed E-state index contributed by atoms with van der Waals surface area (Å²) in [5.74, 6) is -0.615. The van der Waals surface area contributed by atoms with E-state index in [1.54, 1.807) is 19.3 Å². The van der Waals surface area contributed by atoms with Crippen LogP contribution in [0.25, 0.3) is 17.0 Å². The first kappa shape index (κ1) is 21.9. The zero-order valence-electron chi connectivity index (χ0n) is 17.7. The van der Waals surface area contributed by atoms with Gasteiger partial charge in [-0.15, -0.1) is 0 Å². The molecule has 3 aromatic rings. The number of furan rings is 1. The second kappa shape index (κ2) is 9.42. The fourth-order valence-electron chi connectivity index (χ4n) is 3.44. The number of carbonyl (C=O) groups excluding carboxylic acids is 3. The molecule has 0 radical (unpaired) electrons. The summed E-state index contributed by atoms with van der Waals surface area (Å²) < 4.78 is 10.9. The molecule has 0 spiro atoms. The Morgan fingerprint density at radius 2 is 1.91 bits per heavy atom. The summed E-state index contributed by atoms with van der Waals surface area (Å²) in [6.07, 6.45) is 1.70. The standard InChI is InChI=1S/C24H22N2O5S/c1-15-7-9-16(10-8-15)13-20-23(28)26(24(29)32-20)12-11-25-22(27)21-18(14-30-2)17-5-3-4-6-19(17)31-21/h3-10,13H,11-12,14H2,1-2H3,(H,25,27)/b20-13-. The Morgan fingerprint density at radius 1 is 1.16 bits per heavy atom. The van der Waals surface area contributed by atoms with Gasteiger partial charge in [0, 0.05) is 31.1 Å². The number of hydrogen-bond acceptors (Lipinski definition) is 6. The number of thioether (sulfide) groups is 1. The van der Waals surface area contributed by atoms with Gasteiger partial charge in [0.1, 0.15) is 5.58 Å². The van der Waals surface area contributed by atoms with Crippen molar-refractivity contribution in [2.45, 2.75) is 13.5 Å². The van der Waals surface area contributed by atoms with Crippen LogP contribution < -0.4 is 5.32 Å². The minimum atomic E-state index is -0.421. The third-order valence-electron chi connectivity index (χ3n) is 5.06. The average molecular weight is 451 g/mol. The van der Waals surface area contributed by atoms with Gasteiger partial charge < -0.3 is 14.5 Å². The molecule has 0 bridgehead atoms. The fourth-order valence-corrected chi connectivity index (χ4v) is 4.30. The van der Waals surface area contributed by atoms with Crippen LogP contribution in [0.15, 0.2) is 57.9 Å². The number of methoxy groups -OCH3 is 1. The van der Waals surface area contributed by atoms with Crippen LogP contribution in [0, 0.1) is 6.92 Å². The summed E-state index contributed by atoms with van der Waals surface area (Å²) in [6.45, 7) is 2.39. The Kier molecular flexibility index (Phi) is 6.43. The molecule has 4 rings (SSSR count). The summed E-state index contributed by atoms with van der Waals surface area (Å²) >= 11 is 0.899. The number of rotatable bonds is 7. The van der Waals surface area contributed by atoms with Crippen LogP contribution in [-0.2, 0) is 16.1 Å². The maximum Gasteiger partial charge on any atom is 0.293 e. The van der Waals surface area contributed by atoms with E-state index in [4.69, 9.17) is 9.15 Å². The molecule has 1 fully saturated rings. The number of imide groups is 1. The molecule has 164 valence electrons. The highest BCUT2D eigenvalue weighted by Crippen LogP contribution is 2.32. The summed E-state index contributed by atoms with van der Waals surface area (Å²) in [6, 6.07) is 15.0. The molecule has 7 nitrogen and oxygen atoms in total. The minimum Gasteiger partial charge on any atom is -0.451 e. The van der Waals surface area contributed by atoms with E-state index in [-0.39, 0.29) is 36.6 Å². The van der Waals surface area contributed by atoms with E-state index in [2.05, 4.69) is 5.32 Å². The van der Waals surface area contributed by atoms with Gasteiger partial charge in [0.25, 0.3) is 17.1 Å². The monoisotopic (exact) mass is 450 g/mol. The number of carbonyl (C=O) groups is 3. The largest absolute Gasteiger partial charge is 0.451 e. The molecule has 1 N–H and O–H groups in total. The van der Waals surface area contributed by atoms with Crippen LogP contribution in [0.1, 0.15) is 27.2 Å². The van der Waals surface area contributed by atoms with Crippen LogP contribution in [-0.4, -0.2) is 42.2 Å². The summed E-state index contributed by atoms with van der Waals surface area (Å²) in [5.41, 5.74) is 3.22. The Balaban J connectivity index is 1.41. The highest BCUT2D eigenvalue weighted by atomic mass is 32.2. The smallest absolute Gasteiger partial charge is 0.293 e. The maximum absolute atomic E-state index is 12.7. The third-order valence-corrected chi connectivity index (χ3v) is 5.97. The van der Waals surface area contributed by atoms with Gasteiger partial charge in [-0.2, -0.15) is 0 Å². The molecule has 32 heavy (non-hydrogen) atoms. The second-order valence-electron chi connectivity index (χ2n) is 7.34. The quantitative estimate of drug-likeness (QED) is 0.538. The van der Waals surface area contributed by atoms with E-state index < -0.39 is 5.91 Å². The molecular formula is C24H22N2O5S. The van der Waals surface area contributed by atoms with Gasteiger partial charge in [-0.1, -0.05) is 48.0 Å². The number of para-hydroxylation sites is 1. The minimum absolute atomic E-state index is 0.0709. The number of hydrogen-bond donors (Lipinski definition) is 1. The molecule has 0 atom stereocenters. The topological polar surface area (TPSA) is 88.9 Å². The molecule has 0 saturated carbocycles. The third kappa shape index (κ3) is 4.46. The second-order valence-corrected chi connectivity index (χ2v) is 8.33. The zero-order valence-corrected chi connectivity index (χ0v) is 18.5. The van der Waals surface area contributed by atoms with Crippen molar-refractivity contribution >= 4 is 45.9 Å². The Morgan fingerprint density at radius 3 is 2.66 bits per heavy atom. The van der Waals surface area contributed by atoms with Crippen LogP contribution in [0.5, 0.6) is 0 Å². The zero-order chi connectivity index (χ0) is 22.7. The predicted octanol–water partition coefficient (Wildman–Crippen LogP) is 4.35. The van der Waals surface area contributed by atoms with Gasteiger partial charge in [-0.25, -0.2) is 0 Å². The molecule has 1 saturated heterocycles. The van der Waals surface area contributed by atoms with Gasteiger partial charge in [-0.3, -0.25) is 19.3 Å². The number of benzene rings is 2. The van der Waals surface area contributed by atoms with Crippen molar-refractivity contribution in [3.05, 3.63) is 75.9 Å². The van der Waals surface area contributed by atoms with Gasteiger partial charge in [0.05, 0.1) is 11.5 Å². The van der Waals surface area contributed by atoms with Crippen molar-refractivity contribution in [2.75, 3.05) is 20.2 Å². The van der Waals surface area contributed by atoms with Gasteiger partial charge in [0.2, 0.25) is 0 Å². The van der Waals surface area contributed by atoms with Crippen molar-refractivity contribution in [2.24, 2.45) is 0 Å². The Bertz CT molecular complexity index is 1210. The lowest BCUT2D eigenvalue weighted by atomic mass is 10.1. The number of ether oxygens (including phenoxy) is 1. The van der Waals surface area contributed by atoms with Crippen LogP contribution in [0.3, 0.4) is 0 Å². The van der Waals surface area contributed by atoms with Crippen LogP contribution in [0.2, 0.25) is 0 Å². The van der Waals surface area contributed by atoms with Crippen LogP contribution in [0.4, 0.5) is 4.79 Å².